The van der Waals surface area contributed by atoms with Crippen LogP contribution >= 0.6 is 0 Å². The van der Waals surface area contributed by atoms with Crippen LogP contribution in [-0.4, -0.2) is 41.0 Å². The third-order valence-corrected chi connectivity index (χ3v) is 3.23. The van der Waals surface area contributed by atoms with Gasteiger partial charge < -0.3 is 14.8 Å². The molecule has 0 bridgehead atoms. The summed E-state index contributed by atoms with van der Waals surface area (Å²) in [7, 11) is 3.59. The molecule has 17 heavy (non-hydrogen) atoms. The fraction of sp³-hybridized carbons (Fsp3) is 0.667. The molecule has 5 nitrogen and oxygen atoms in total. The number of imidazole rings is 1. The fourth-order valence-corrected chi connectivity index (χ4v) is 2.23. The Morgan fingerprint density at radius 3 is 3.00 bits per heavy atom. The zero-order valence-corrected chi connectivity index (χ0v) is 10.8. The molecule has 94 valence electrons. The van der Waals surface area contributed by atoms with E-state index in [0.717, 1.165) is 37.6 Å². The molecule has 0 radical (unpaired) electrons. The summed E-state index contributed by atoms with van der Waals surface area (Å²) in [5, 5.41) is 3.31. The number of aryl methyl sites for hydroxylation is 1. The Morgan fingerprint density at radius 2 is 2.29 bits per heavy atom. The van der Waals surface area contributed by atoms with Crippen LogP contribution in [0.4, 0.5) is 0 Å². The highest BCUT2D eigenvalue weighted by Gasteiger charge is 2.18. The molecule has 0 spiro atoms. The van der Waals surface area contributed by atoms with Crippen LogP contribution in [0.5, 0.6) is 0 Å². The van der Waals surface area contributed by atoms with Gasteiger partial charge in [0.2, 0.25) is 5.91 Å². The lowest BCUT2D eigenvalue weighted by Crippen LogP contribution is -2.26. The molecule has 1 aromatic rings. The lowest BCUT2D eigenvalue weighted by Gasteiger charge is -2.16. The van der Waals surface area contributed by atoms with Gasteiger partial charge in [-0.2, -0.15) is 0 Å². The van der Waals surface area contributed by atoms with E-state index in [4.69, 9.17) is 0 Å². The molecule has 0 fully saturated rings. The lowest BCUT2D eigenvalue weighted by atomic mass is 10.2. The first-order chi connectivity index (χ1) is 8.09. The quantitative estimate of drug-likeness (QED) is 0.822. The molecule has 0 aromatic carbocycles. The average molecular weight is 236 g/mol. The van der Waals surface area contributed by atoms with Gasteiger partial charge in [0, 0.05) is 52.3 Å². The number of carbonyl (C=O) groups is 1. The van der Waals surface area contributed by atoms with Crippen molar-refractivity contribution in [1.82, 2.24) is 19.8 Å². The minimum atomic E-state index is 0.167. The smallest absolute Gasteiger partial charge is 0.223 e. The van der Waals surface area contributed by atoms with E-state index in [2.05, 4.69) is 14.9 Å². The Balaban J connectivity index is 2.10. The second kappa shape index (κ2) is 4.87. The van der Waals surface area contributed by atoms with Gasteiger partial charge in [0.15, 0.2) is 0 Å². The second-order valence-corrected chi connectivity index (χ2v) is 4.67. The van der Waals surface area contributed by atoms with E-state index in [0.29, 0.717) is 6.42 Å². The molecule has 0 saturated carbocycles. The second-order valence-electron chi connectivity index (χ2n) is 4.67. The maximum atomic E-state index is 11.6. The predicted octanol–water partition coefficient (Wildman–Crippen LogP) is 0.316. The molecule has 1 amide bonds. The first-order valence-corrected chi connectivity index (χ1v) is 6.05. The van der Waals surface area contributed by atoms with E-state index in [-0.39, 0.29) is 5.91 Å². The summed E-state index contributed by atoms with van der Waals surface area (Å²) in [6.07, 6.45) is 1.55. The van der Waals surface area contributed by atoms with Gasteiger partial charge in [-0.3, -0.25) is 4.79 Å². The third kappa shape index (κ3) is 2.49. The monoisotopic (exact) mass is 236 g/mol. The average Bonchev–Trinajstić information content (AvgIpc) is 2.61. The molecule has 5 heteroatoms. The maximum Gasteiger partial charge on any atom is 0.223 e. The summed E-state index contributed by atoms with van der Waals surface area (Å²) in [4.78, 5) is 17.8. The van der Waals surface area contributed by atoms with Gasteiger partial charge in [-0.25, -0.2) is 4.98 Å². The van der Waals surface area contributed by atoms with Crippen molar-refractivity contribution in [3.05, 3.63) is 17.2 Å². The molecular formula is C12H20N4O. The van der Waals surface area contributed by atoms with Crippen molar-refractivity contribution < 1.29 is 4.79 Å². The molecule has 1 aromatic heterocycles. The SMILES string of the molecule is Cc1nc2c(n1CCC(=O)N(C)C)CCNC2. The van der Waals surface area contributed by atoms with Crippen molar-refractivity contribution >= 4 is 5.91 Å². The van der Waals surface area contributed by atoms with Gasteiger partial charge in [0.05, 0.1) is 5.69 Å². The fourth-order valence-electron chi connectivity index (χ4n) is 2.23. The summed E-state index contributed by atoms with van der Waals surface area (Å²) in [6, 6.07) is 0. The highest BCUT2D eigenvalue weighted by atomic mass is 16.2. The number of fused-ring (bicyclic) bond motifs is 1. The molecular weight excluding hydrogens is 216 g/mol. The van der Waals surface area contributed by atoms with Crippen molar-refractivity contribution in [2.75, 3.05) is 20.6 Å². The summed E-state index contributed by atoms with van der Waals surface area (Å²) in [5.41, 5.74) is 2.44. The Hall–Kier alpha value is -1.36. The van der Waals surface area contributed by atoms with Gasteiger partial charge in [-0.15, -0.1) is 0 Å². The van der Waals surface area contributed by atoms with E-state index < -0.39 is 0 Å². The van der Waals surface area contributed by atoms with Crippen LogP contribution in [0.1, 0.15) is 23.6 Å². The Bertz CT molecular complexity index is 422. The summed E-state index contributed by atoms with van der Waals surface area (Å²) >= 11 is 0. The van der Waals surface area contributed by atoms with Crippen molar-refractivity contribution in [2.24, 2.45) is 0 Å². The third-order valence-electron chi connectivity index (χ3n) is 3.23. The number of hydrogen-bond donors (Lipinski definition) is 1. The van der Waals surface area contributed by atoms with Crippen LogP contribution in [0.2, 0.25) is 0 Å². The molecule has 0 unspecified atom stereocenters. The van der Waals surface area contributed by atoms with Crippen LogP contribution in [0.3, 0.4) is 0 Å². The van der Waals surface area contributed by atoms with Crippen LogP contribution in [0, 0.1) is 6.92 Å². The molecule has 2 heterocycles. The standard InChI is InChI=1S/C12H20N4O/c1-9-14-10-8-13-6-4-11(10)16(9)7-5-12(17)15(2)3/h13H,4-8H2,1-3H3. The molecule has 1 aliphatic heterocycles. The molecule has 1 N–H and O–H groups in total. The zero-order valence-electron chi connectivity index (χ0n) is 10.8. The summed E-state index contributed by atoms with van der Waals surface area (Å²) in [6.45, 7) is 4.61. The Kier molecular flexibility index (Phi) is 3.47. The van der Waals surface area contributed by atoms with Crippen LogP contribution < -0.4 is 5.32 Å². The normalized spacial score (nSPS) is 14.5. The van der Waals surface area contributed by atoms with Gasteiger partial charge in [-0.05, 0) is 6.92 Å². The van der Waals surface area contributed by atoms with Crippen molar-refractivity contribution in [3.63, 3.8) is 0 Å². The van der Waals surface area contributed by atoms with E-state index in [1.54, 1.807) is 19.0 Å². The Morgan fingerprint density at radius 1 is 1.53 bits per heavy atom. The van der Waals surface area contributed by atoms with Crippen molar-refractivity contribution in [1.29, 1.82) is 0 Å². The number of nitrogens with one attached hydrogen (secondary N) is 1. The molecule has 0 aliphatic carbocycles. The number of hydrogen-bond acceptors (Lipinski definition) is 3. The minimum absolute atomic E-state index is 0.167. The molecule has 0 saturated heterocycles. The van der Waals surface area contributed by atoms with Gasteiger partial charge in [-0.1, -0.05) is 0 Å². The number of rotatable bonds is 3. The van der Waals surface area contributed by atoms with E-state index >= 15 is 0 Å². The van der Waals surface area contributed by atoms with Crippen molar-refractivity contribution in [3.8, 4) is 0 Å². The van der Waals surface area contributed by atoms with Gasteiger partial charge in [0.1, 0.15) is 5.82 Å². The predicted molar refractivity (Wildman–Crippen MR) is 65.7 cm³/mol. The number of amides is 1. The Labute approximate surface area is 102 Å². The summed E-state index contributed by atoms with van der Waals surface area (Å²) < 4.78 is 2.19. The number of aromatic nitrogens is 2. The number of nitrogens with zero attached hydrogens (tertiary/aromatic N) is 3. The molecule has 2 rings (SSSR count). The van der Waals surface area contributed by atoms with E-state index in [9.17, 15) is 4.79 Å². The van der Waals surface area contributed by atoms with Crippen LogP contribution in [0.25, 0.3) is 0 Å². The first kappa shape index (κ1) is 12.1. The zero-order chi connectivity index (χ0) is 12.4. The van der Waals surface area contributed by atoms with Gasteiger partial charge in [0.25, 0.3) is 0 Å². The van der Waals surface area contributed by atoms with Crippen LogP contribution in [-0.2, 0) is 24.3 Å². The largest absolute Gasteiger partial charge is 0.349 e. The van der Waals surface area contributed by atoms with E-state index in [1.807, 2.05) is 6.92 Å². The molecule has 1 aliphatic rings. The maximum absolute atomic E-state index is 11.6. The molecule has 0 atom stereocenters. The number of carbonyl (C=O) groups excluding carboxylic acids is 1. The lowest BCUT2D eigenvalue weighted by molar-refractivity contribution is -0.128. The highest BCUT2D eigenvalue weighted by Crippen LogP contribution is 2.16. The van der Waals surface area contributed by atoms with E-state index in [1.165, 1.54) is 5.69 Å². The minimum Gasteiger partial charge on any atom is -0.349 e. The van der Waals surface area contributed by atoms with Gasteiger partial charge >= 0.3 is 0 Å². The highest BCUT2D eigenvalue weighted by molar-refractivity contribution is 5.75. The summed E-state index contributed by atoms with van der Waals surface area (Å²) in [5.74, 6) is 1.19. The van der Waals surface area contributed by atoms with Crippen LogP contribution in [0.15, 0.2) is 0 Å². The topological polar surface area (TPSA) is 50.2 Å². The first-order valence-electron chi connectivity index (χ1n) is 6.05. The van der Waals surface area contributed by atoms with Crippen molar-refractivity contribution in [2.45, 2.75) is 32.9 Å².